The molecule has 6 nitrogen and oxygen atoms in total. The Kier molecular flexibility index (Phi) is 2.89. The second kappa shape index (κ2) is 4.14. The van der Waals surface area contributed by atoms with Crippen LogP contribution in [0.1, 0.15) is 27.7 Å². The Bertz CT molecular complexity index is 416. The summed E-state index contributed by atoms with van der Waals surface area (Å²) in [6.07, 6.45) is -1.93. The SMILES string of the molecule is [C-]#[N+][C@H]1O[C@@H]2COC(C)(C)O[C@H]2[C@@H]2OC(C)(C)O[C@@H]21. The molecule has 6 heteroatoms. The average Bonchev–Trinajstić information content (AvgIpc) is 2.63. The Morgan fingerprint density at radius 1 is 0.947 bits per heavy atom. The van der Waals surface area contributed by atoms with Crippen LogP contribution in [0.3, 0.4) is 0 Å². The zero-order chi connectivity index (χ0) is 13.8. The van der Waals surface area contributed by atoms with Crippen LogP contribution in [-0.2, 0) is 23.7 Å². The molecule has 106 valence electrons. The molecular weight excluding hydrogens is 250 g/mol. The zero-order valence-corrected chi connectivity index (χ0v) is 11.6. The van der Waals surface area contributed by atoms with Gasteiger partial charge in [0.15, 0.2) is 17.7 Å². The molecule has 3 rings (SSSR count). The van der Waals surface area contributed by atoms with E-state index in [-0.39, 0.29) is 18.3 Å². The maximum atomic E-state index is 7.24. The third-order valence-corrected chi connectivity index (χ3v) is 3.59. The highest BCUT2D eigenvalue weighted by Crippen LogP contribution is 2.42. The van der Waals surface area contributed by atoms with E-state index in [1.807, 2.05) is 27.7 Å². The first-order valence-electron chi connectivity index (χ1n) is 6.51. The van der Waals surface area contributed by atoms with E-state index in [9.17, 15) is 0 Å². The summed E-state index contributed by atoms with van der Waals surface area (Å²) >= 11 is 0. The van der Waals surface area contributed by atoms with Gasteiger partial charge in [0.25, 0.3) is 0 Å². The average molecular weight is 269 g/mol. The Morgan fingerprint density at radius 2 is 1.58 bits per heavy atom. The lowest BCUT2D eigenvalue weighted by molar-refractivity contribution is -0.345. The molecule has 5 atom stereocenters. The molecule has 0 N–H and O–H groups in total. The molecule has 0 aromatic carbocycles. The summed E-state index contributed by atoms with van der Waals surface area (Å²) < 4.78 is 28.9. The molecule has 0 aromatic heterocycles. The second-order valence-corrected chi connectivity index (χ2v) is 6.05. The summed E-state index contributed by atoms with van der Waals surface area (Å²) in [7, 11) is 0. The van der Waals surface area contributed by atoms with Crippen molar-refractivity contribution in [1.29, 1.82) is 0 Å². The van der Waals surface area contributed by atoms with E-state index in [1.54, 1.807) is 0 Å². The summed E-state index contributed by atoms with van der Waals surface area (Å²) in [5.41, 5.74) is 0. The number of fused-ring (bicyclic) bond motifs is 3. The van der Waals surface area contributed by atoms with Gasteiger partial charge in [0.05, 0.1) is 6.61 Å². The standard InChI is InChI=1S/C13H19NO5/c1-12(2)15-6-7-8(17-12)9-10(11(14-5)16-7)19-13(3,4)18-9/h7-11H,6H2,1-4H3/t7-,8-,9+,10+,11+/m1/s1. The van der Waals surface area contributed by atoms with Crippen molar-refractivity contribution in [3.8, 4) is 0 Å². The molecule has 3 saturated heterocycles. The molecule has 3 aliphatic heterocycles. The summed E-state index contributed by atoms with van der Waals surface area (Å²) in [6.45, 7) is 15.0. The zero-order valence-electron chi connectivity index (χ0n) is 11.6. The summed E-state index contributed by atoms with van der Waals surface area (Å²) in [4.78, 5) is 3.49. The van der Waals surface area contributed by atoms with Crippen molar-refractivity contribution >= 4 is 0 Å². The predicted octanol–water partition coefficient (Wildman–Crippen LogP) is 1.30. The van der Waals surface area contributed by atoms with Crippen LogP contribution in [0.15, 0.2) is 0 Å². The second-order valence-electron chi connectivity index (χ2n) is 6.05. The molecule has 0 spiro atoms. The minimum atomic E-state index is -0.720. The highest BCUT2D eigenvalue weighted by atomic mass is 16.8. The van der Waals surface area contributed by atoms with Gasteiger partial charge in [-0.15, -0.1) is 0 Å². The van der Waals surface area contributed by atoms with Crippen LogP contribution in [0.2, 0.25) is 0 Å². The molecule has 0 amide bonds. The van der Waals surface area contributed by atoms with Gasteiger partial charge in [0.2, 0.25) is 0 Å². The smallest absolute Gasteiger partial charge is 0.348 e. The van der Waals surface area contributed by atoms with E-state index < -0.39 is 23.9 Å². The Balaban J connectivity index is 1.88. The van der Waals surface area contributed by atoms with Gasteiger partial charge in [0.1, 0.15) is 18.3 Å². The first-order chi connectivity index (χ1) is 8.81. The first kappa shape index (κ1) is 13.3. The van der Waals surface area contributed by atoms with Gasteiger partial charge >= 0.3 is 6.23 Å². The number of nitrogens with zero attached hydrogens (tertiary/aromatic N) is 1. The van der Waals surface area contributed by atoms with Crippen molar-refractivity contribution in [3.63, 3.8) is 0 Å². The quantitative estimate of drug-likeness (QED) is 0.620. The molecule has 0 aromatic rings. The highest BCUT2D eigenvalue weighted by Gasteiger charge is 2.61. The third kappa shape index (κ3) is 2.26. The fraction of sp³-hybridized carbons (Fsp3) is 0.923. The molecule has 0 unspecified atom stereocenters. The lowest BCUT2D eigenvalue weighted by Crippen LogP contribution is -2.62. The largest absolute Gasteiger partial charge is 0.357 e. The van der Waals surface area contributed by atoms with Crippen molar-refractivity contribution in [2.75, 3.05) is 6.61 Å². The van der Waals surface area contributed by atoms with E-state index in [0.717, 1.165) is 0 Å². The summed E-state index contributed by atoms with van der Waals surface area (Å²) in [5.74, 6) is -1.39. The van der Waals surface area contributed by atoms with Crippen molar-refractivity contribution in [1.82, 2.24) is 0 Å². The minimum Gasteiger partial charge on any atom is -0.348 e. The fourth-order valence-corrected chi connectivity index (χ4v) is 2.86. The molecule has 3 heterocycles. The Labute approximate surface area is 112 Å². The van der Waals surface area contributed by atoms with Gasteiger partial charge in [0, 0.05) is 0 Å². The van der Waals surface area contributed by atoms with Crippen molar-refractivity contribution in [2.45, 2.75) is 69.9 Å². The highest BCUT2D eigenvalue weighted by molar-refractivity contribution is 5.03. The lowest BCUT2D eigenvalue weighted by Gasteiger charge is -2.45. The minimum absolute atomic E-state index is 0.270. The van der Waals surface area contributed by atoms with E-state index >= 15 is 0 Å². The van der Waals surface area contributed by atoms with Crippen LogP contribution in [0.4, 0.5) is 0 Å². The molecule has 0 bridgehead atoms. The number of hydrogen-bond donors (Lipinski definition) is 0. The molecule has 0 saturated carbocycles. The molecule has 0 aliphatic carbocycles. The van der Waals surface area contributed by atoms with Crippen molar-refractivity contribution in [3.05, 3.63) is 11.4 Å². The van der Waals surface area contributed by atoms with E-state index in [2.05, 4.69) is 4.85 Å². The maximum Gasteiger partial charge on any atom is 0.357 e. The number of ether oxygens (including phenoxy) is 5. The topological polar surface area (TPSA) is 50.5 Å². The van der Waals surface area contributed by atoms with Gasteiger partial charge in [-0.05, 0) is 27.7 Å². The summed E-state index contributed by atoms with van der Waals surface area (Å²) in [5, 5.41) is 0. The molecular formula is C13H19NO5. The van der Waals surface area contributed by atoms with Gasteiger partial charge in [-0.2, -0.15) is 0 Å². The van der Waals surface area contributed by atoms with E-state index in [0.29, 0.717) is 6.61 Å². The predicted molar refractivity (Wildman–Crippen MR) is 64.0 cm³/mol. The molecule has 3 fully saturated rings. The van der Waals surface area contributed by atoms with Gasteiger partial charge in [-0.25, -0.2) is 6.57 Å². The van der Waals surface area contributed by atoms with E-state index in [4.69, 9.17) is 30.3 Å². The van der Waals surface area contributed by atoms with Gasteiger partial charge in [-0.1, -0.05) is 0 Å². The normalized spacial score (nSPS) is 47.0. The Hall–Kier alpha value is -0.710. The van der Waals surface area contributed by atoms with Crippen LogP contribution in [-0.4, -0.2) is 48.8 Å². The molecule has 19 heavy (non-hydrogen) atoms. The van der Waals surface area contributed by atoms with Crippen LogP contribution < -0.4 is 0 Å². The van der Waals surface area contributed by atoms with Crippen LogP contribution in [0, 0.1) is 6.57 Å². The number of rotatable bonds is 0. The van der Waals surface area contributed by atoms with Gasteiger partial charge in [-0.3, -0.25) is 9.58 Å². The maximum absolute atomic E-state index is 7.24. The molecule has 0 radical (unpaired) electrons. The van der Waals surface area contributed by atoms with Gasteiger partial charge < -0.3 is 18.9 Å². The van der Waals surface area contributed by atoms with Crippen LogP contribution in [0.25, 0.3) is 4.85 Å². The van der Waals surface area contributed by atoms with Crippen LogP contribution in [0.5, 0.6) is 0 Å². The first-order valence-corrected chi connectivity index (χ1v) is 6.51. The van der Waals surface area contributed by atoms with Crippen molar-refractivity contribution < 1.29 is 23.7 Å². The Morgan fingerprint density at radius 3 is 2.26 bits per heavy atom. The fourth-order valence-electron chi connectivity index (χ4n) is 2.86. The van der Waals surface area contributed by atoms with E-state index in [1.165, 1.54) is 0 Å². The molecule has 3 aliphatic rings. The lowest BCUT2D eigenvalue weighted by atomic mass is 9.97. The monoisotopic (exact) mass is 269 g/mol. The van der Waals surface area contributed by atoms with Crippen LogP contribution >= 0.6 is 0 Å². The summed E-state index contributed by atoms with van der Waals surface area (Å²) in [6, 6.07) is 0. The third-order valence-electron chi connectivity index (χ3n) is 3.59. The van der Waals surface area contributed by atoms with Crippen molar-refractivity contribution in [2.24, 2.45) is 0 Å². The number of hydrogen-bond acceptors (Lipinski definition) is 5.